The van der Waals surface area contributed by atoms with E-state index in [4.69, 9.17) is 0 Å². The number of carbonyl (C=O) groups is 2. The number of hydrogen-bond donors (Lipinski definition) is 1. The smallest absolute Gasteiger partial charge is 0.229 e. The minimum Gasteiger partial charge on any atom is -0.349 e. The van der Waals surface area contributed by atoms with Crippen molar-refractivity contribution < 1.29 is 9.59 Å². The van der Waals surface area contributed by atoms with Gasteiger partial charge in [-0.15, -0.1) is 0 Å². The van der Waals surface area contributed by atoms with Crippen LogP contribution in [0, 0.1) is 5.41 Å². The SMILES string of the molecule is O=C1CC2(CCCCC2)CC(=O)N1CCc1ncc[nH]1. The fourth-order valence-corrected chi connectivity index (χ4v) is 3.59. The molecule has 0 bridgehead atoms. The fourth-order valence-electron chi connectivity index (χ4n) is 3.59. The van der Waals surface area contributed by atoms with E-state index in [0.29, 0.717) is 25.8 Å². The third-order valence-corrected chi connectivity index (χ3v) is 4.70. The highest BCUT2D eigenvalue weighted by molar-refractivity contribution is 5.98. The Balaban J connectivity index is 1.63. The zero-order chi connectivity index (χ0) is 14.0. The molecule has 0 atom stereocenters. The summed E-state index contributed by atoms with van der Waals surface area (Å²) < 4.78 is 0. The van der Waals surface area contributed by atoms with Gasteiger partial charge in [0.2, 0.25) is 11.8 Å². The molecule has 0 aromatic carbocycles. The van der Waals surface area contributed by atoms with Gasteiger partial charge in [-0.3, -0.25) is 14.5 Å². The van der Waals surface area contributed by atoms with Crippen LogP contribution in [0.2, 0.25) is 0 Å². The third kappa shape index (κ3) is 2.62. The Bertz CT molecular complexity index is 469. The first-order valence-electron chi connectivity index (χ1n) is 7.50. The van der Waals surface area contributed by atoms with Gasteiger partial charge in [-0.25, -0.2) is 4.98 Å². The second kappa shape index (κ2) is 5.38. The van der Waals surface area contributed by atoms with E-state index >= 15 is 0 Å². The van der Waals surface area contributed by atoms with Gasteiger partial charge in [-0.1, -0.05) is 19.3 Å². The van der Waals surface area contributed by atoms with Gasteiger partial charge in [0.05, 0.1) is 0 Å². The summed E-state index contributed by atoms with van der Waals surface area (Å²) in [6.45, 7) is 0.446. The average molecular weight is 275 g/mol. The van der Waals surface area contributed by atoms with Gasteiger partial charge in [0, 0.05) is 38.2 Å². The Morgan fingerprint density at radius 3 is 2.45 bits per heavy atom. The van der Waals surface area contributed by atoms with Gasteiger partial charge < -0.3 is 4.98 Å². The van der Waals surface area contributed by atoms with Crippen LogP contribution in [-0.4, -0.2) is 33.2 Å². The van der Waals surface area contributed by atoms with Crippen LogP contribution in [0.1, 0.15) is 50.8 Å². The van der Waals surface area contributed by atoms with Crippen molar-refractivity contribution >= 4 is 11.8 Å². The minimum absolute atomic E-state index is 0.00899. The summed E-state index contributed by atoms with van der Waals surface area (Å²) in [4.78, 5) is 33.2. The van der Waals surface area contributed by atoms with Gasteiger partial charge in [0.25, 0.3) is 0 Å². The highest BCUT2D eigenvalue weighted by Crippen LogP contribution is 2.45. The number of aromatic nitrogens is 2. The number of aromatic amines is 1. The molecular weight excluding hydrogens is 254 g/mol. The lowest BCUT2D eigenvalue weighted by atomic mass is 9.67. The first kappa shape index (κ1) is 13.3. The van der Waals surface area contributed by atoms with Crippen LogP contribution >= 0.6 is 0 Å². The van der Waals surface area contributed by atoms with E-state index in [0.717, 1.165) is 31.5 Å². The highest BCUT2D eigenvalue weighted by Gasteiger charge is 2.43. The molecule has 2 aliphatic rings. The number of likely N-dealkylation sites (tertiary alicyclic amines) is 1. The number of nitrogens with one attached hydrogen (secondary N) is 1. The molecule has 1 saturated heterocycles. The number of rotatable bonds is 3. The Hall–Kier alpha value is -1.65. The molecule has 2 fully saturated rings. The lowest BCUT2D eigenvalue weighted by Crippen LogP contribution is -2.49. The molecule has 5 heteroatoms. The topological polar surface area (TPSA) is 66.1 Å². The van der Waals surface area contributed by atoms with E-state index in [1.54, 1.807) is 12.4 Å². The molecule has 1 aliphatic carbocycles. The highest BCUT2D eigenvalue weighted by atomic mass is 16.2. The molecule has 0 radical (unpaired) electrons. The van der Waals surface area contributed by atoms with Crippen LogP contribution in [0.3, 0.4) is 0 Å². The molecule has 2 heterocycles. The van der Waals surface area contributed by atoms with Gasteiger partial charge in [-0.05, 0) is 18.3 Å². The van der Waals surface area contributed by atoms with E-state index in [9.17, 15) is 9.59 Å². The van der Waals surface area contributed by atoms with E-state index in [1.807, 2.05) is 0 Å². The Morgan fingerprint density at radius 2 is 1.85 bits per heavy atom. The van der Waals surface area contributed by atoms with Gasteiger partial charge >= 0.3 is 0 Å². The predicted molar refractivity (Wildman–Crippen MR) is 73.8 cm³/mol. The van der Waals surface area contributed by atoms with Crippen LogP contribution in [0.25, 0.3) is 0 Å². The monoisotopic (exact) mass is 275 g/mol. The molecule has 1 aromatic heterocycles. The van der Waals surface area contributed by atoms with E-state index in [-0.39, 0.29) is 17.2 Å². The molecule has 108 valence electrons. The van der Waals surface area contributed by atoms with Crippen LogP contribution in [0.5, 0.6) is 0 Å². The molecule has 1 spiro atoms. The molecule has 20 heavy (non-hydrogen) atoms. The number of amides is 2. The fraction of sp³-hybridized carbons (Fsp3) is 0.667. The molecule has 1 aliphatic heterocycles. The van der Waals surface area contributed by atoms with Crippen molar-refractivity contribution in [1.82, 2.24) is 14.9 Å². The van der Waals surface area contributed by atoms with Crippen molar-refractivity contribution in [3.63, 3.8) is 0 Å². The Morgan fingerprint density at radius 1 is 1.15 bits per heavy atom. The van der Waals surface area contributed by atoms with E-state index in [1.165, 1.54) is 11.3 Å². The number of H-pyrrole nitrogens is 1. The predicted octanol–water partition coefficient (Wildman–Crippen LogP) is 2.05. The van der Waals surface area contributed by atoms with Crippen molar-refractivity contribution in [3.8, 4) is 0 Å². The summed E-state index contributed by atoms with van der Waals surface area (Å²) in [7, 11) is 0. The molecule has 3 rings (SSSR count). The van der Waals surface area contributed by atoms with Crippen molar-refractivity contribution in [2.75, 3.05) is 6.54 Å². The van der Waals surface area contributed by atoms with Crippen LogP contribution in [-0.2, 0) is 16.0 Å². The van der Waals surface area contributed by atoms with Crippen molar-refractivity contribution in [2.24, 2.45) is 5.41 Å². The van der Waals surface area contributed by atoms with Gasteiger partial charge in [-0.2, -0.15) is 0 Å². The number of carbonyl (C=O) groups excluding carboxylic acids is 2. The first-order valence-corrected chi connectivity index (χ1v) is 7.50. The number of piperidine rings is 1. The average Bonchev–Trinajstić information content (AvgIpc) is 2.91. The summed E-state index contributed by atoms with van der Waals surface area (Å²) in [5.41, 5.74) is -0.0202. The zero-order valence-electron chi connectivity index (χ0n) is 11.7. The summed E-state index contributed by atoms with van der Waals surface area (Å²) in [5, 5.41) is 0. The van der Waals surface area contributed by atoms with Gasteiger partial charge in [0.15, 0.2) is 0 Å². The molecule has 2 amide bonds. The number of imidazole rings is 1. The van der Waals surface area contributed by atoms with Gasteiger partial charge in [0.1, 0.15) is 5.82 Å². The van der Waals surface area contributed by atoms with Crippen LogP contribution < -0.4 is 0 Å². The maximum absolute atomic E-state index is 12.3. The number of imide groups is 1. The minimum atomic E-state index is -0.0202. The quantitative estimate of drug-likeness (QED) is 0.859. The molecule has 5 nitrogen and oxygen atoms in total. The Kier molecular flexibility index (Phi) is 3.59. The molecule has 1 saturated carbocycles. The molecule has 1 N–H and O–H groups in total. The van der Waals surface area contributed by atoms with Crippen LogP contribution in [0.4, 0.5) is 0 Å². The lowest BCUT2D eigenvalue weighted by molar-refractivity contribution is -0.154. The maximum Gasteiger partial charge on any atom is 0.229 e. The molecule has 0 unspecified atom stereocenters. The second-order valence-corrected chi connectivity index (χ2v) is 6.14. The first-order chi connectivity index (χ1) is 9.69. The molecule has 1 aromatic rings. The summed E-state index contributed by atoms with van der Waals surface area (Å²) >= 11 is 0. The van der Waals surface area contributed by atoms with E-state index in [2.05, 4.69) is 9.97 Å². The van der Waals surface area contributed by atoms with Crippen molar-refractivity contribution in [1.29, 1.82) is 0 Å². The lowest BCUT2D eigenvalue weighted by Gasteiger charge is -2.42. The Labute approximate surface area is 118 Å². The number of nitrogens with zero attached hydrogens (tertiary/aromatic N) is 2. The zero-order valence-corrected chi connectivity index (χ0v) is 11.7. The summed E-state index contributed by atoms with van der Waals surface area (Å²) in [6, 6.07) is 0. The summed E-state index contributed by atoms with van der Waals surface area (Å²) in [5.74, 6) is 0.841. The van der Waals surface area contributed by atoms with Crippen molar-refractivity contribution in [3.05, 3.63) is 18.2 Å². The van der Waals surface area contributed by atoms with E-state index < -0.39 is 0 Å². The normalized spacial score (nSPS) is 22.5. The van der Waals surface area contributed by atoms with Crippen LogP contribution in [0.15, 0.2) is 12.4 Å². The standard InChI is InChI=1S/C15H21N3O2/c19-13-10-15(5-2-1-3-6-15)11-14(20)18(13)9-4-12-16-7-8-17-12/h7-8H,1-6,9-11H2,(H,16,17). The third-order valence-electron chi connectivity index (χ3n) is 4.70. The summed E-state index contributed by atoms with van der Waals surface area (Å²) in [6.07, 6.45) is 10.8. The second-order valence-electron chi connectivity index (χ2n) is 6.14. The number of hydrogen-bond acceptors (Lipinski definition) is 3. The maximum atomic E-state index is 12.3. The van der Waals surface area contributed by atoms with Crippen molar-refractivity contribution in [2.45, 2.75) is 51.4 Å². The molecular formula is C15H21N3O2. The largest absolute Gasteiger partial charge is 0.349 e.